The van der Waals surface area contributed by atoms with Crippen molar-refractivity contribution in [3.8, 4) is 0 Å². The third kappa shape index (κ3) is 6.64. The van der Waals surface area contributed by atoms with Gasteiger partial charge in [0.2, 0.25) is 0 Å². The summed E-state index contributed by atoms with van der Waals surface area (Å²) in [5, 5.41) is 2.86. The van der Waals surface area contributed by atoms with E-state index in [1.54, 1.807) is 0 Å². The van der Waals surface area contributed by atoms with Gasteiger partial charge in [0.1, 0.15) is 5.92 Å². The molecule has 2 aromatic rings. The Morgan fingerprint density at radius 3 is 2.03 bits per heavy atom. The molecule has 1 heterocycles. The molecule has 6 heteroatoms. The van der Waals surface area contributed by atoms with E-state index in [4.69, 9.17) is 14.2 Å². The van der Waals surface area contributed by atoms with Crippen LogP contribution < -0.4 is 5.32 Å². The highest BCUT2D eigenvalue weighted by molar-refractivity contribution is 5.94. The molecule has 3 atom stereocenters. The van der Waals surface area contributed by atoms with E-state index in [-0.39, 0.29) is 23.7 Å². The second-order valence-corrected chi connectivity index (χ2v) is 7.87. The minimum absolute atomic E-state index is 0.119. The van der Waals surface area contributed by atoms with Gasteiger partial charge in [-0.1, -0.05) is 80.9 Å². The number of ether oxygens (including phenoxy) is 3. The van der Waals surface area contributed by atoms with Crippen molar-refractivity contribution in [2.75, 3.05) is 6.54 Å². The maximum atomic E-state index is 12.5. The van der Waals surface area contributed by atoms with Crippen molar-refractivity contribution in [2.24, 2.45) is 11.8 Å². The largest absolute Gasteiger partial charge is 0.451 e. The van der Waals surface area contributed by atoms with Crippen molar-refractivity contribution >= 4 is 11.9 Å². The lowest BCUT2D eigenvalue weighted by atomic mass is 9.83. The van der Waals surface area contributed by atoms with Crippen molar-refractivity contribution in [1.29, 1.82) is 0 Å². The minimum Gasteiger partial charge on any atom is -0.451 e. The van der Waals surface area contributed by atoms with E-state index in [2.05, 4.69) is 5.32 Å². The number of hydrogen-bond donors (Lipinski definition) is 1. The van der Waals surface area contributed by atoms with Gasteiger partial charge in [-0.15, -0.1) is 0 Å². The molecule has 0 bridgehead atoms. The predicted octanol–water partition coefficient (Wildman–Crippen LogP) is 3.84. The van der Waals surface area contributed by atoms with Crippen LogP contribution in [0.1, 0.15) is 37.8 Å². The van der Waals surface area contributed by atoms with Gasteiger partial charge in [-0.05, 0) is 17.0 Å². The first-order valence-electron chi connectivity index (χ1n) is 10.9. The molecule has 166 valence electrons. The summed E-state index contributed by atoms with van der Waals surface area (Å²) in [5.41, 5.74) is 2.11. The second-order valence-electron chi connectivity index (χ2n) is 7.87. The van der Waals surface area contributed by atoms with E-state index in [1.165, 1.54) is 0 Å². The standard InChI is InChI=1S/C25H31NO5/c1-3-18(2)22-23(31-25(22)28)24(27)26-15-14-21(29-16-19-10-6-4-7-11-19)30-17-20-12-8-5-9-13-20/h4-13,18,21-23H,3,14-17H2,1-2H3,(H,26,27)/t18-,22+,23-/m1/s1. The van der Waals surface area contributed by atoms with E-state index >= 15 is 0 Å². The van der Waals surface area contributed by atoms with Crippen LogP contribution in [0.25, 0.3) is 0 Å². The molecule has 1 saturated heterocycles. The van der Waals surface area contributed by atoms with E-state index < -0.39 is 12.4 Å². The fraction of sp³-hybridized carbons (Fsp3) is 0.440. The van der Waals surface area contributed by atoms with Gasteiger partial charge in [0.25, 0.3) is 5.91 Å². The Morgan fingerprint density at radius 1 is 1.00 bits per heavy atom. The van der Waals surface area contributed by atoms with Gasteiger partial charge in [-0.3, -0.25) is 9.59 Å². The smallest absolute Gasteiger partial charge is 0.314 e. The SMILES string of the molecule is CC[C@@H](C)[C@@H]1C(=O)O[C@H]1C(=O)NCCC(OCc1ccccc1)OCc1ccccc1. The average Bonchev–Trinajstić information content (AvgIpc) is 2.79. The summed E-state index contributed by atoms with van der Waals surface area (Å²) in [6.07, 6.45) is 0.137. The lowest BCUT2D eigenvalue weighted by molar-refractivity contribution is -0.193. The van der Waals surface area contributed by atoms with Crippen LogP contribution in [0.2, 0.25) is 0 Å². The molecule has 0 aromatic heterocycles. The number of hydrogen-bond acceptors (Lipinski definition) is 5. The van der Waals surface area contributed by atoms with Gasteiger partial charge in [0.15, 0.2) is 12.4 Å². The van der Waals surface area contributed by atoms with E-state index in [1.807, 2.05) is 74.5 Å². The molecular formula is C25H31NO5. The zero-order valence-corrected chi connectivity index (χ0v) is 18.2. The Hall–Kier alpha value is -2.70. The first-order chi connectivity index (χ1) is 15.1. The highest BCUT2D eigenvalue weighted by Gasteiger charge is 2.49. The number of amides is 1. The summed E-state index contributed by atoms with van der Waals surface area (Å²) in [6.45, 7) is 5.18. The fourth-order valence-corrected chi connectivity index (χ4v) is 3.48. The van der Waals surface area contributed by atoms with Crippen LogP contribution in [0, 0.1) is 11.8 Å². The summed E-state index contributed by atoms with van der Waals surface area (Å²) >= 11 is 0. The molecule has 3 rings (SSSR count). The molecule has 0 unspecified atom stereocenters. The molecule has 6 nitrogen and oxygen atoms in total. The molecule has 2 aromatic carbocycles. The van der Waals surface area contributed by atoms with E-state index in [9.17, 15) is 9.59 Å². The Labute approximate surface area is 183 Å². The second kappa shape index (κ2) is 11.6. The molecule has 0 spiro atoms. The molecule has 1 amide bonds. The molecule has 1 aliphatic rings. The van der Waals surface area contributed by atoms with Crippen molar-refractivity contribution in [3.63, 3.8) is 0 Å². The van der Waals surface area contributed by atoms with Crippen LogP contribution >= 0.6 is 0 Å². The molecular weight excluding hydrogens is 394 g/mol. The summed E-state index contributed by atoms with van der Waals surface area (Å²) in [4.78, 5) is 24.2. The van der Waals surface area contributed by atoms with Gasteiger partial charge < -0.3 is 19.5 Å². The summed E-state index contributed by atoms with van der Waals surface area (Å²) in [5.74, 6) is -0.780. The van der Waals surface area contributed by atoms with Crippen LogP contribution in [0.5, 0.6) is 0 Å². The van der Waals surface area contributed by atoms with Crippen molar-refractivity contribution in [2.45, 2.75) is 52.3 Å². The summed E-state index contributed by atoms with van der Waals surface area (Å²) < 4.78 is 17.0. The maximum absolute atomic E-state index is 12.5. The Morgan fingerprint density at radius 2 is 1.55 bits per heavy atom. The highest BCUT2D eigenvalue weighted by atomic mass is 16.7. The maximum Gasteiger partial charge on any atom is 0.314 e. The third-order valence-corrected chi connectivity index (χ3v) is 5.59. The molecule has 0 aliphatic carbocycles. The zero-order valence-electron chi connectivity index (χ0n) is 18.2. The van der Waals surface area contributed by atoms with Crippen molar-refractivity contribution in [3.05, 3.63) is 71.8 Å². The lowest BCUT2D eigenvalue weighted by Crippen LogP contribution is -2.56. The predicted molar refractivity (Wildman–Crippen MR) is 117 cm³/mol. The zero-order chi connectivity index (χ0) is 22.1. The van der Waals surface area contributed by atoms with Gasteiger partial charge >= 0.3 is 5.97 Å². The summed E-state index contributed by atoms with van der Waals surface area (Å²) in [7, 11) is 0. The highest BCUT2D eigenvalue weighted by Crippen LogP contribution is 2.31. The number of carbonyl (C=O) groups is 2. The molecule has 0 saturated carbocycles. The number of carbonyl (C=O) groups excluding carboxylic acids is 2. The number of nitrogens with one attached hydrogen (secondary N) is 1. The normalized spacial score (nSPS) is 18.9. The number of cyclic esters (lactones) is 1. The monoisotopic (exact) mass is 425 g/mol. The topological polar surface area (TPSA) is 73.9 Å². The van der Waals surface area contributed by atoms with Crippen molar-refractivity contribution < 1.29 is 23.8 Å². The molecule has 1 N–H and O–H groups in total. The van der Waals surface area contributed by atoms with Crippen LogP contribution in [-0.2, 0) is 37.0 Å². The Bertz CT molecular complexity index is 783. The van der Waals surface area contributed by atoms with Gasteiger partial charge in [0, 0.05) is 13.0 Å². The van der Waals surface area contributed by atoms with Crippen LogP contribution in [0.4, 0.5) is 0 Å². The van der Waals surface area contributed by atoms with Gasteiger partial charge in [-0.25, -0.2) is 0 Å². The summed E-state index contributed by atoms with van der Waals surface area (Å²) in [6, 6.07) is 19.8. The third-order valence-electron chi connectivity index (χ3n) is 5.59. The van der Waals surface area contributed by atoms with Gasteiger partial charge in [-0.2, -0.15) is 0 Å². The quantitative estimate of drug-likeness (QED) is 0.413. The molecule has 1 aliphatic heterocycles. The van der Waals surface area contributed by atoms with E-state index in [0.717, 1.165) is 17.5 Å². The number of benzene rings is 2. The fourth-order valence-electron chi connectivity index (χ4n) is 3.48. The van der Waals surface area contributed by atoms with Crippen LogP contribution in [0.15, 0.2) is 60.7 Å². The van der Waals surface area contributed by atoms with Crippen molar-refractivity contribution in [1.82, 2.24) is 5.32 Å². The number of esters is 1. The van der Waals surface area contributed by atoms with Crippen LogP contribution in [-0.4, -0.2) is 30.8 Å². The van der Waals surface area contributed by atoms with Crippen LogP contribution in [0.3, 0.4) is 0 Å². The first kappa shape index (κ1) is 23.0. The average molecular weight is 426 g/mol. The molecule has 1 fully saturated rings. The Balaban J connectivity index is 1.49. The van der Waals surface area contributed by atoms with E-state index in [0.29, 0.717) is 26.2 Å². The lowest BCUT2D eigenvalue weighted by Gasteiger charge is -2.37. The number of rotatable bonds is 12. The molecule has 0 radical (unpaired) electrons. The molecule has 31 heavy (non-hydrogen) atoms. The minimum atomic E-state index is -0.698. The van der Waals surface area contributed by atoms with Gasteiger partial charge in [0.05, 0.1) is 13.2 Å². The Kier molecular flexibility index (Phi) is 8.62. The first-order valence-corrected chi connectivity index (χ1v) is 10.9.